The Hall–Kier alpha value is -0.640. The van der Waals surface area contributed by atoms with Crippen molar-refractivity contribution in [2.45, 2.75) is 32.2 Å². The van der Waals surface area contributed by atoms with E-state index >= 15 is 0 Å². The standard InChI is InChI=1S/C7H12F2N2.C2H6/c1-5(10)6-3-7(8,9)4-11(6)2;1-2/h6H,1,3-4,10H2,2H3;1-2H3. The molecule has 1 aliphatic rings. The van der Waals surface area contributed by atoms with E-state index in [9.17, 15) is 8.78 Å². The molecule has 0 aromatic rings. The highest BCUT2D eigenvalue weighted by atomic mass is 19.3. The van der Waals surface area contributed by atoms with Gasteiger partial charge in [0, 0.05) is 12.1 Å². The fraction of sp³-hybridized carbons (Fsp3) is 0.778. The fourth-order valence-electron chi connectivity index (χ4n) is 1.39. The van der Waals surface area contributed by atoms with Crippen LogP contribution >= 0.6 is 0 Å². The van der Waals surface area contributed by atoms with Crippen LogP contribution in [0.4, 0.5) is 8.78 Å². The van der Waals surface area contributed by atoms with Crippen LogP contribution in [0.3, 0.4) is 0 Å². The Balaban J connectivity index is 0.000000671. The van der Waals surface area contributed by atoms with E-state index in [0.717, 1.165) is 0 Å². The van der Waals surface area contributed by atoms with Crippen molar-refractivity contribution in [2.75, 3.05) is 13.6 Å². The predicted octanol–water partition coefficient (Wildman–Crippen LogP) is 1.82. The zero-order chi connectivity index (χ0) is 10.6. The summed E-state index contributed by atoms with van der Waals surface area (Å²) in [6.07, 6.45) is -0.196. The van der Waals surface area contributed by atoms with Crippen molar-refractivity contribution in [3.8, 4) is 0 Å². The minimum atomic E-state index is -2.60. The molecule has 1 heterocycles. The van der Waals surface area contributed by atoms with Crippen LogP contribution < -0.4 is 5.73 Å². The number of hydrogen-bond acceptors (Lipinski definition) is 2. The van der Waals surface area contributed by atoms with Crippen LogP contribution in [0.2, 0.25) is 0 Å². The molecule has 0 aliphatic carbocycles. The van der Waals surface area contributed by atoms with Gasteiger partial charge in [-0.1, -0.05) is 20.4 Å². The molecule has 0 amide bonds. The number of nitrogens with two attached hydrogens (primary N) is 1. The topological polar surface area (TPSA) is 29.3 Å². The van der Waals surface area contributed by atoms with Gasteiger partial charge in [-0.15, -0.1) is 0 Å². The molecule has 2 nitrogen and oxygen atoms in total. The van der Waals surface area contributed by atoms with Gasteiger partial charge >= 0.3 is 0 Å². The lowest BCUT2D eigenvalue weighted by Crippen LogP contribution is -2.29. The van der Waals surface area contributed by atoms with Crippen molar-refractivity contribution in [2.24, 2.45) is 5.73 Å². The molecule has 0 radical (unpaired) electrons. The largest absolute Gasteiger partial charge is 0.401 e. The quantitative estimate of drug-likeness (QED) is 0.686. The first-order chi connectivity index (χ1) is 5.92. The monoisotopic (exact) mass is 192 g/mol. The van der Waals surface area contributed by atoms with Crippen LogP contribution in [0.1, 0.15) is 20.3 Å². The summed E-state index contributed by atoms with van der Waals surface area (Å²) in [5, 5.41) is 0. The van der Waals surface area contributed by atoms with Gasteiger partial charge < -0.3 is 5.73 Å². The number of likely N-dealkylation sites (N-methyl/N-ethyl adjacent to an activating group) is 1. The predicted molar refractivity (Wildman–Crippen MR) is 50.7 cm³/mol. The molecule has 4 heteroatoms. The Morgan fingerprint density at radius 1 is 1.54 bits per heavy atom. The van der Waals surface area contributed by atoms with Gasteiger partial charge in [0.15, 0.2) is 0 Å². The molecule has 0 spiro atoms. The molecule has 0 aromatic heterocycles. The summed E-state index contributed by atoms with van der Waals surface area (Å²) >= 11 is 0. The smallest absolute Gasteiger partial charge is 0.262 e. The molecule has 78 valence electrons. The number of hydrogen-bond donors (Lipinski definition) is 1. The molecular weight excluding hydrogens is 174 g/mol. The minimum Gasteiger partial charge on any atom is -0.401 e. The lowest BCUT2D eigenvalue weighted by molar-refractivity contribution is 0.0142. The molecule has 1 unspecified atom stereocenters. The summed E-state index contributed by atoms with van der Waals surface area (Å²) in [7, 11) is 1.63. The Morgan fingerprint density at radius 3 is 2.15 bits per heavy atom. The van der Waals surface area contributed by atoms with Crippen LogP contribution in [-0.4, -0.2) is 30.5 Å². The van der Waals surface area contributed by atoms with Gasteiger partial charge in [0.1, 0.15) is 0 Å². The fourth-order valence-corrected chi connectivity index (χ4v) is 1.39. The van der Waals surface area contributed by atoms with E-state index < -0.39 is 5.92 Å². The van der Waals surface area contributed by atoms with Gasteiger partial charge in [-0.25, -0.2) is 8.78 Å². The van der Waals surface area contributed by atoms with E-state index in [-0.39, 0.29) is 19.0 Å². The van der Waals surface area contributed by atoms with E-state index in [0.29, 0.717) is 5.70 Å². The van der Waals surface area contributed by atoms with Gasteiger partial charge in [-0.3, -0.25) is 4.90 Å². The van der Waals surface area contributed by atoms with Gasteiger partial charge in [0.05, 0.1) is 12.6 Å². The van der Waals surface area contributed by atoms with Crippen molar-refractivity contribution in [1.29, 1.82) is 0 Å². The number of likely N-dealkylation sites (tertiary alicyclic amines) is 1. The summed E-state index contributed by atoms with van der Waals surface area (Å²) in [6.45, 7) is 7.24. The molecule has 1 fully saturated rings. The molecule has 0 saturated carbocycles. The maximum Gasteiger partial charge on any atom is 0.262 e. The molecular formula is C9H18F2N2. The summed E-state index contributed by atoms with van der Waals surface area (Å²) in [5.74, 6) is -2.60. The number of halogens is 2. The maximum absolute atomic E-state index is 12.7. The van der Waals surface area contributed by atoms with Gasteiger partial charge in [0.2, 0.25) is 0 Å². The van der Waals surface area contributed by atoms with Crippen molar-refractivity contribution < 1.29 is 8.78 Å². The molecule has 2 N–H and O–H groups in total. The minimum absolute atomic E-state index is 0.196. The number of rotatable bonds is 1. The average Bonchev–Trinajstić information content (AvgIpc) is 2.29. The van der Waals surface area contributed by atoms with Crippen LogP contribution in [0.15, 0.2) is 12.3 Å². The lowest BCUT2D eigenvalue weighted by atomic mass is 10.1. The van der Waals surface area contributed by atoms with Gasteiger partial charge in [-0.05, 0) is 7.05 Å². The second-order valence-corrected chi connectivity index (χ2v) is 3.07. The van der Waals surface area contributed by atoms with Crippen LogP contribution in [0.5, 0.6) is 0 Å². The SMILES string of the molecule is C=C(N)C1CC(F)(F)CN1C.CC. The van der Waals surface area contributed by atoms with Crippen molar-refractivity contribution in [3.05, 3.63) is 12.3 Å². The first-order valence-corrected chi connectivity index (χ1v) is 4.45. The van der Waals surface area contributed by atoms with Gasteiger partial charge in [0.25, 0.3) is 5.92 Å². The Kier molecular flexibility index (Phi) is 4.33. The van der Waals surface area contributed by atoms with Gasteiger partial charge in [-0.2, -0.15) is 0 Å². The zero-order valence-electron chi connectivity index (χ0n) is 8.48. The molecule has 0 aromatic carbocycles. The summed E-state index contributed by atoms with van der Waals surface area (Å²) < 4.78 is 25.3. The van der Waals surface area contributed by atoms with E-state index in [1.807, 2.05) is 13.8 Å². The van der Waals surface area contributed by atoms with E-state index in [2.05, 4.69) is 6.58 Å². The average molecular weight is 192 g/mol. The molecule has 1 rings (SSSR count). The summed E-state index contributed by atoms with van der Waals surface area (Å²) in [5.41, 5.74) is 5.66. The van der Waals surface area contributed by atoms with Crippen molar-refractivity contribution in [3.63, 3.8) is 0 Å². The van der Waals surface area contributed by atoms with Crippen molar-refractivity contribution >= 4 is 0 Å². The highest BCUT2D eigenvalue weighted by Crippen LogP contribution is 2.32. The summed E-state index contributed by atoms with van der Waals surface area (Å²) in [6, 6.07) is -0.356. The van der Waals surface area contributed by atoms with Crippen LogP contribution in [-0.2, 0) is 0 Å². The van der Waals surface area contributed by atoms with E-state index in [4.69, 9.17) is 5.73 Å². The Labute approximate surface area is 78.4 Å². The third-order valence-electron chi connectivity index (χ3n) is 1.93. The Morgan fingerprint density at radius 2 is 2.00 bits per heavy atom. The maximum atomic E-state index is 12.7. The van der Waals surface area contributed by atoms with E-state index in [1.54, 1.807) is 7.05 Å². The van der Waals surface area contributed by atoms with Crippen LogP contribution in [0, 0.1) is 0 Å². The molecule has 1 saturated heterocycles. The molecule has 1 aliphatic heterocycles. The van der Waals surface area contributed by atoms with E-state index in [1.165, 1.54) is 4.90 Å². The second kappa shape index (κ2) is 4.56. The zero-order valence-corrected chi connectivity index (χ0v) is 8.48. The first-order valence-electron chi connectivity index (χ1n) is 4.45. The first kappa shape index (κ1) is 12.4. The molecule has 1 atom stereocenters. The second-order valence-electron chi connectivity index (χ2n) is 3.07. The normalized spacial score (nSPS) is 26.4. The van der Waals surface area contributed by atoms with Crippen LogP contribution in [0.25, 0.3) is 0 Å². The van der Waals surface area contributed by atoms with Crippen molar-refractivity contribution in [1.82, 2.24) is 4.90 Å². The molecule has 0 bridgehead atoms. The number of alkyl halides is 2. The molecule has 13 heavy (non-hydrogen) atoms. The third kappa shape index (κ3) is 3.30. The number of nitrogens with zero attached hydrogens (tertiary/aromatic N) is 1. The summed E-state index contributed by atoms with van der Waals surface area (Å²) in [4.78, 5) is 1.53. The lowest BCUT2D eigenvalue weighted by Gasteiger charge is -2.17. The highest BCUT2D eigenvalue weighted by molar-refractivity contribution is 5.07. The Bertz CT molecular complexity index is 180. The highest BCUT2D eigenvalue weighted by Gasteiger charge is 2.43. The third-order valence-corrected chi connectivity index (χ3v) is 1.93.